The largest absolute Gasteiger partial charge is 0.383 e. The summed E-state index contributed by atoms with van der Waals surface area (Å²) in [5, 5.41) is 3.43. The normalized spacial score (nSPS) is 18.0. The number of aromatic nitrogens is 2. The van der Waals surface area contributed by atoms with Crippen molar-refractivity contribution in [3.63, 3.8) is 0 Å². The molecule has 2 aromatic heterocycles. The third kappa shape index (κ3) is 3.23. The average molecular weight is 327 g/mol. The maximum atomic E-state index is 12.7. The third-order valence-electron chi connectivity index (χ3n) is 4.40. The van der Waals surface area contributed by atoms with Crippen molar-refractivity contribution in [3.8, 4) is 0 Å². The van der Waals surface area contributed by atoms with Crippen LogP contribution in [0.5, 0.6) is 0 Å². The van der Waals surface area contributed by atoms with Crippen LogP contribution in [0.2, 0.25) is 0 Å². The molecule has 24 heavy (non-hydrogen) atoms. The highest BCUT2D eigenvalue weighted by Crippen LogP contribution is 2.22. The van der Waals surface area contributed by atoms with Gasteiger partial charge >= 0.3 is 0 Å². The van der Waals surface area contributed by atoms with Crippen molar-refractivity contribution in [2.24, 2.45) is 5.92 Å². The molecule has 0 amide bonds. The van der Waals surface area contributed by atoms with E-state index in [0.717, 1.165) is 25.5 Å². The monoisotopic (exact) mass is 327 g/mol. The molecular weight excluding hydrogens is 302 g/mol. The summed E-state index contributed by atoms with van der Waals surface area (Å²) >= 11 is 0. The second-order valence-corrected chi connectivity index (χ2v) is 6.36. The van der Waals surface area contributed by atoms with Crippen molar-refractivity contribution in [1.29, 1.82) is 0 Å². The molecule has 1 aliphatic heterocycles. The number of ketones is 1. The quantitative estimate of drug-likeness (QED) is 0.835. The van der Waals surface area contributed by atoms with Gasteiger partial charge in [-0.2, -0.15) is 0 Å². The molecule has 0 aliphatic carbocycles. The van der Waals surface area contributed by atoms with Gasteiger partial charge in [0.05, 0.1) is 5.56 Å². The first kappa shape index (κ1) is 16.4. The predicted molar refractivity (Wildman–Crippen MR) is 97.3 cm³/mol. The van der Waals surface area contributed by atoms with Crippen LogP contribution in [-0.2, 0) is 0 Å². The molecule has 2 aromatic rings. The van der Waals surface area contributed by atoms with Crippen molar-refractivity contribution in [3.05, 3.63) is 47.8 Å². The minimum atomic E-state index is -0.196. The number of nitrogens with zero attached hydrogens (tertiary/aromatic N) is 3. The Balaban J connectivity index is 0.00000225. The summed E-state index contributed by atoms with van der Waals surface area (Å²) in [7, 11) is 0. The lowest BCUT2D eigenvalue weighted by atomic mass is 10.0. The van der Waals surface area contributed by atoms with Gasteiger partial charge < -0.3 is 16.0 Å². The molecule has 6 heteroatoms. The second kappa shape index (κ2) is 6.97. The van der Waals surface area contributed by atoms with Crippen LogP contribution in [0.25, 0.3) is 0 Å². The van der Waals surface area contributed by atoms with Crippen molar-refractivity contribution in [2.45, 2.75) is 19.9 Å². The molecule has 0 bridgehead atoms. The number of pyridine rings is 2. The van der Waals surface area contributed by atoms with Crippen LogP contribution < -0.4 is 16.0 Å². The molecule has 3 rings (SSSR count). The van der Waals surface area contributed by atoms with E-state index in [-0.39, 0.29) is 13.0 Å². The van der Waals surface area contributed by atoms with E-state index < -0.39 is 0 Å². The number of piperazine rings is 1. The number of nitrogen functional groups attached to an aromatic ring is 1. The highest BCUT2D eigenvalue weighted by molar-refractivity contribution is 6.10. The highest BCUT2D eigenvalue weighted by Gasteiger charge is 2.26. The molecule has 3 N–H and O–H groups in total. The van der Waals surface area contributed by atoms with Crippen LogP contribution >= 0.6 is 0 Å². The fourth-order valence-corrected chi connectivity index (χ4v) is 3.06. The highest BCUT2D eigenvalue weighted by atomic mass is 16.1. The van der Waals surface area contributed by atoms with Crippen molar-refractivity contribution < 1.29 is 6.22 Å². The average Bonchev–Trinajstić information content (AvgIpc) is 2.61. The molecule has 0 saturated carbocycles. The first-order chi connectivity index (χ1) is 11.6. The van der Waals surface area contributed by atoms with E-state index in [0.29, 0.717) is 23.2 Å². The Bertz CT molecular complexity index is 737. The number of hydrogen-bond acceptors (Lipinski definition) is 6. The van der Waals surface area contributed by atoms with Crippen LogP contribution in [0.1, 0.15) is 31.3 Å². The maximum Gasteiger partial charge on any atom is 0.215 e. The molecule has 1 atom stereocenters. The number of nitrogens with one attached hydrogen (secondary N) is 1. The summed E-state index contributed by atoms with van der Waals surface area (Å²) in [6.07, 6.45) is 1.57. The van der Waals surface area contributed by atoms with Gasteiger partial charge in [0, 0.05) is 33.3 Å². The summed E-state index contributed by atoms with van der Waals surface area (Å²) in [5.74, 6) is 1.37. The second-order valence-electron chi connectivity index (χ2n) is 6.36. The lowest BCUT2D eigenvalue weighted by Gasteiger charge is -2.39. The first-order valence-corrected chi connectivity index (χ1v) is 8.27. The van der Waals surface area contributed by atoms with E-state index in [1.165, 1.54) is 0 Å². The minimum Gasteiger partial charge on any atom is -0.383 e. The van der Waals surface area contributed by atoms with Crippen LogP contribution in [0.4, 0.5) is 11.6 Å². The van der Waals surface area contributed by atoms with E-state index in [1.54, 1.807) is 24.4 Å². The number of anilines is 2. The van der Waals surface area contributed by atoms with Crippen LogP contribution in [0.3, 0.4) is 0 Å². The molecule has 3 heterocycles. The molecule has 6 nitrogen and oxygen atoms in total. The fraction of sp³-hybridized carbons (Fsp3) is 0.389. The van der Waals surface area contributed by atoms with E-state index in [2.05, 4.69) is 34.0 Å². The zero-order valence-corrected chi connectivity index (χ0v) is 14.1. The van der Waals surface area contributed by atoms with Gasteiger partial charge in [0.1, 0.15) is 17.3 Å². The number of rotatable bonds is 4. The Kier molecular flexibility index (Phi) is 4.76. The summed E-state index contributed by atoms with van der Waals surface area (Å²) in [4.78, 5) is 23.6. The maximum absolute atomic E-state index is 12.7. The molecule has 1 aliphatic rings. The van der Waals surface area contributed by atoms with E-state index in [4.69, 9.17) is 5.73 Å². The molecule has 1 fully saturated rings. The molecule has 1 saturated heterocycles. The minimum absolute atomic E-state index is 0. The Labute approximate surface area is 143 Å². The third-order valence-corrected chi connectivity index (χ3v) is 4.40. The summed E-state index contributed by atoms with van der Waals surface area (Å²) in [5.41, 5.74) is 6.61. The number of carbonyl (C=O) groups is 1. The van der Waals surface area contributed by atoms with Crippen LogP contribution in [0.15, 0.2) is 36.5 Å². The van der Waals surface area contributed by atoms with Gasteiger partial charge in [-0.15, -0.1) is 0 Å². The number of nitrogens with two attached hydrogens (primary N) is 1. The van der Waals surface area contributed by atoms with Gasteiger partial charge in [0.25, 0.3) is 0 Å². The Morgan fingerprint density at radius 3 is 2.96 bits per heavy atom. The van der Waals surface area contributed by atoms with E-state index in [1.807, 2.05) is 12.1 Å². The fourth-order valence-electron chi connectivity index (χ4n) is 3.06. The summed E-state index contributed by atoms with van der Waals surface area (Å²) < 4.78 is 0. The van der Waals surface area contributed by atoms with E-state index >= 15 is 0 Å². The molecular formula is C18H25N5O. The van der Waals surface area contributed by atoms with Gasteiger partial charge in [-0.1, -0.05) is 19.9 Å². The topological polar surface area (TPSA) is 84.1 Å². The number of carbonyl (C=O) groups excluding carboxylic acids is 1. The SMILES string of the molecule is CC(C)[C@@H]1CNCCN1c1cccc(C(=O)c2cccnc2N)n1.[HH]. The Hall–Kier alpha value is -2.47. The Morgan fingerprint density at radius 1 is 1.38 bits per heavy atom. The summed E-state index contributed by atoms with van der Waals surface area (Å²) in [6.45, 7) is 7.13. The van der Waals surface area contributed by atoms with Crippen LogP contribution in [-0.4, -0.2) is 41.4 Å². The molecule has 0 spiro atoms. The van der Waals surface area contributed by atoms with Gasteiger partial charge in [0.15, 0.2) is 0 Å². The van der Waals surface area contributed by atoms with Crippen molar-refractivity contribution >= 4 is 17.4 Å². The van der Waals surface area contributed by atoms with Crippen molar-refractivity contribution in [2.75, 3.05) is 30.3 Å². The number of hydrogen-bond donors (Lipinski definition) is 2. The lowest BCUT2D eigenvalue weighted by molar-refractivity contribution is 0.103. The van der Waals surface area contributed by atoms with Gasteiger partial charge in [0.2, 0.25) is 5.78 Å². The molecule has 0 radical (unpaired) electrons. The molecule has 0 aromatic carbocycles. The van der Waals surface area contributed by atoms with Gasteiger partial charge in [-0.25, -0.2) is 9.97 Å². The summed E-state index contributed by atoms with van der Waals surface area (Å²) in [6, 6.07) is 9.32. The predicted octanol–water partition coefficient (Wildman–Crippen LogP) is 1.97. The van der Waals surface area contributed by atoms with E-state index in [9.17, 15) is 4.79 Å². The Morgan fingerprint density at radius 2 is 2.21 bits per heavy atom. The molecule has 0 unspecified atom stereocenters. The van der Waals surface area contributed by atoms with Crippen LogP contribution in [0, 0.1) is 5.92 Å². The van der Waals surface area contributed by atoms with Gasteiger partial charge in [-0.05, 0) is 30.2 Å². The zero-order valence-electron chi connectivity index (χ0n) is 14.1. The first-order valence-electron chi connectivity index (χ1n) is 8.27. The molecule has 128 valence electrons. The standard InChI is InChI=1S/C18H23N5O.H2/c1-12(2)15-11-20-9-10-23(15)16-7-3-6-14(22-16)17(24)13-5-4-8-21-18(13)19;/h3-8,12,15,20H,9-11H2,1-2H3,(H2,19,21);1H/t15-;/m0./s1. The zero-order chi connectivity index (χ0) is 17.1. The van der Waals surface area contributed by atoms with Gasteiger partial charge in [-0.3, -0.25) is 4.79 Å². The smallest absolute Gasteiger partial charge is 0.215 e. The van der Waals surface area contributed by atoms with Crippen molar-refractivity contribution in [1.82, 2.24) is 15.3 Å². The lowest BCUT2D eigenvalue weighted by Crippen LogP contribution is -2.54.